The second-order valence-electron chi connectivity index (χ2n) is 8.52. The molecule has 0 saturated carbocycles. The summed E-state index contributed by atoms with van der Waals surface area (Å²) in [4.78, 5) is 27.7. The number of aromatic amines is 1. The third-order valence-electron chi connectivity index (χ3n) is 6.14. The fraction of sp³-hybridized carbons (Fsp3) is 0.320. The number of hydrogen-bond donors (Lipinski definition) is 3. The Labute approximate surface area is 195 Å². The summed E-state index contributed by atoms with van der Waals surface area (Å²) in [5.41, 5.74) is 5.04. The zero-order valence-electron chi connectivity index (χ0n) is 18.8. The van der Waals surface area contributed by atoms with Gasteiger partial charge < -0.3 is 24.8 Å². The molecule has 4 aromatic rings. The van der Waals surface area contributed by atoms with Crippen LogP contribution < -0.4 is 16.4 Å². The molecule has 34 heavy (non-hydrogen) atoms. The minimum absolute atomic E-state index is 0.275. The molecule has 3 heterocycles. The lowest BCUT2D eigenvalue weighted by atomic mass is 10.0. The molecule has 1 aliphatic heterocycles. The van der Waals surface area contributed by atoms with E-state index < -0.39 is 12.1 Å². The number of oxazole rings is 1. The van der Waals surface area contributed by atoms with Gasteiger partial charge in [0, 0.05) is 43.2 Å². The van der Waals surface area contributed by atoms with Crippen LogP contribution in [-0.2, 0) is 23.0 Å². The Morgan fingerprint density at radius 1 is 1.26 bits per heavy atom. The van der Waals surface area contributed by atoms with Crippen molar-refractivity contribution in [2.75, 3.05) is 19.7 Å². The Bertz CT molecular complexity index is 1450. The maximum absolute atomic E-state index is 12.5. The van der Waals surface area contributed by atoms with Crippen LogP contribution in [0.2, 0.25) is 0 Å². The predicted molar refractivity (Wildman–Crippen MR) is 127 cm³/mol. The number of benzene rings is 2. The molecule has 0 bridgehead atoms. The van der Waals surface area contributed by atoms with Gasteiger partial charge in [0.2, 0.25) is 0 Å². The predicted octanol–water partition coefficient (Wildman–Crippen LogP) is 2.21. The van der Waals surface area contributed by atoms with Crippen LogP contribution in [-0.4, -0.2) is 47.3 Å². The molecule has 0 aliphatic carbocycles. The summed E-state index contributed by atoms with van der Waals surface area (Å²) in [6.07, 6.45) is 0.627. The van der Waals surface area contributed by atoms with E-state index in [4.69, 9.17) is 9.15 Å². The van der Waals surface area contributed by atoms with Gasteiger partial charge in [0.05, 0.1) is 11.6 Å². The smallest absolute Gasteiger partial charge is 0.408 e. The molecule has 1 saturated heterocycles. The third kappa shape index (κ3) is 4.33. The van der Waals surface area contributed by atoms with E-state index in [2.05, 4.69) is 27.8 Å². The summed E-state index contributed by atoms with van der Waals surface area (Å²) < 4.78 is 12.3. The van der Waals surface area contributed by atoms with Gasteiger partial charge in [-0.2, -0.15) is 5.26 Å². The first-order chi connectivity index (χ1) is 16.5. The average molecular weight is 460 g/mol. The second-order valence-corrected chi connectivity index (χ2v) is 8.52. The maximum Gasteiger partial charge on any atom is 0.419 e. The molecule has 3 N–H and O–H groups in total. The van der Waals surface area contributed by atoms with E-state index in [-0.39, 0.29) is 11.7 Å². The van der Waals surface area contributed by atoms with E-state index in [1.807, 2.05) is 30.3 Å². The quantitative estimate of drug-likeness (QED) is 0.420. The SMILES string of the molecule is Cn1c(=O)oc2ccc(-c3ccc4[nH]c(CC(C#N)NC(=O)[C@@H]5CNCCCO5)cc4c3)cc21. The average Bonchev–Trinajstić information content (AvgIpc) is 3.22. The zero-order chi connectivity index (χ0) is 23.7. The first-order valence-electron chi connectivity index (χ1n) is 11.3. The summed E-state index contributed by atoms with van der Waals surface area (Å²) in [5, 5.41) is 16.6. The van der Waals surface area contributed by atoms with Crippen LogP contribution in [0.4, 0.5) is 0 Å². The molecule has 1 fully saturated rings. The number of H-pyrrole nitrogens is 1. The lowest BCUT2D eigenvalue weighted by Gasteiger charge is -2.17. The van der Waals surface area contributed by atoms with Gasteiger partial charge in [-0.3, -0.25) is 9.36 Å². The number of aryl methyl sites for hydroxylation is 1. The lowest BCUT2D eigenvalue weighted by Crippen LogP contribution is -2.46. The highest BCUT2D eigenvalue weighted by Crippen LogP contribution is 2.27. The topological polar surface area (TPSA) is 125 Å². The van der Waals surface area contributed by atoms with Gasteiger partial charge in [-0.25, -0.2) is 4.79 Å². The van der Waals surface area contributed by atoms with Crippen LogP contribution >= 0.6 is 0 Å². The Morgan fingerprint density at radius 3 is 2.94 bits per heavy atom. The van der Waals surface area contributed by atoms with Crippen molar-refractivity contribution in [3.63, 3.8) is 0 Å². The molecule has 2 aromatic carbocycles. The van der Waals surface area contributed by atoms with Crippen LogP contribution in [0.25, 0.3) is 33.1 Å². The Morgan fingerprint density at radius 2 is 2.09 bits per heavy atom. The van der Waals surface area contributed by atoms with Crippen molar-refractivity contribution in [3.8, 4) is 17.2 Å². The molecule has 9 heteroatoms. The van der Waals surface area contributed by atoms with Gasteiger partial charge in [0.25, 0.3) is 5.91 Å². The van der Waals surface area contributed by atoms with Gasteiger partial charge in [0.1, 0.15) is 12.1 Å². The van der Waals surface area contributed by atoms with Gasteiger partial charge in [0.15, 0.2) is 5.58 Å². The lowest BCUT2D eigenvalue weighted by molar-refractivity contribution is -0.132. The van der Waals surface area contributed by atoms with E-state index in [0.717, 1.165) is 46.2 Å². The largest absolute Gasteiger partial charge is 0.419 e. The number of carbonyl (C=O) groups excluding carboxylic acids is 1. The monoisotopic (exact) mass is 459 g/mol. The summed E-state index contributed by atoms with van der Waals surface area (Å²) in [5.74, 6) is -0.665. The van der Waals surface area contributed by atoms with E-state index in [1.54, 1.807) is 13.1 Å². The van der Waals surface area contributed by atoms with Gasteiger partial charge in [-0.1, -0.05) is 12.1 Å². The molecule has 0 radical (unpaired) electrons. The number of amides is 1. The van der Waals surface area contributed by atoms with Crippen LogP contribution in [0.5, 0.6) is 0 Å². The molecule has 2 atom stereocenters. The normalized spacial score (nSPS) is 17.4. The number of aromatic nitrogens is 2. The number of fused-ring (bicyclic) bond motifs is 2. The first-order valence-corrected chi connectivity index (χ1v) is 11.3. The Balaban J connectivity index is 1.34. The number of ether oxygens (including phenoxy) is 1. The van der Waals surface area contributed by atoms with Gasteiger partial charge in [-0.05, 0) is 54.4 Å². The summed E-state index contributed by atoms with van der Waals surface area (Å²) in [6.45, 7) is 1.78. The van der Waals surface area contributed by atoms with Crippen molar-refractivity contribution in [1.82, 2.24) is 20.2 Å². The van der Waals surface area contributed by atoms with E-state index >= 15 is 0 Å². The van der Waals surface area contributed by atoms with Crippen LogP contribution in [0, 0.1) is 11.3 Å². The van der Waals surface area contributed by atoms with Crippen LogP contribution in [0.1, 0.15) is 12.1 Å². The Hall–Kier alpha value is -3.87. The maximum atomic E-state index is 12.5. The number of hydrogen-bond acceptors (Lipinski definition) is 6. The number of nitrogens with zero attached hydrogens (tertiary/aromatic N) is 2. The zero-order valence-corrected chi connectivity index (χ0v) is 18.8. The van der Waals surface area contributed by atoms with E-state index in [1.165, 1.54) is 4.57 Å². The Kier molecular flexibility index (Phi) is 5.92. The number of rotatable bonds is 5. The standard InChI is InChI=1S/C25H25N5O4/c1-30-21-11-16(4-6-22(21)34-25(30)32)15-3-5-20-17(9-15)10-18(28-20)12-19(13-26)29-24(31)23-14-27-7-2-8-33-23/h3-6,9-11,19,23,27-28H,2,7-8,12,14H2,1H3,(H,29,31)/t19?,23-/m0/s1. The highest BCUT2D eigenvalue weighted by Gasteiger charge is 2.23. The molecular formula is C25H25N5O4. The minimum atomic E-state index is -0.670. The molecule has 2 aromatic heterocycles. The highest BCUT2D eigenvalue weighted by molar-refractivity contribution is 5.88. The molecule has 1 amide bonds. The van der Waals surface area contributed by atoms with Crippen molar-refractivity contribution in [2.45, 2.75) is 25.0 Å². The van der Waals surface area contributed by atoms with E-state index in [9.17, 15) is 14.9 Å². The molecule has 174 valence electrons. The van der Waals surface area contributed by atoms with Crippen LogP contribution in [0.3, 0.4) is 0 Å². The van der Waals surface area contributed by atoms with Crippen molar-refractivity contribution >= 4 is 27.9 Å². The van der Waals surface area contributed by atoms with Gasteiger partial charge >= 0.3 is 5.76 Å². The van der Waals surface area contributed by atoms with Crippen molar-refractivity contribution in [3.05, 3.63) is 58.7 Å². The molecule has 0 spiro atoms. The van der Waals surface area contributed by atoms with Crippen molar-refractivity contribution < 1.29 is 13.9 Å². The third-order valence-corrected chi connectivity index (χ3v) is 6.14. The minimum Gasteiger partial charge on any atom is -0.408 e. The summed E-state index contributed by atoms with van der Waals surface area (Å²) in [6, 6.07) is 15.2. The number of nitriles is 1. The first kappa shape index (κ1) is 21.9. The molecule has 1 unspecified atom stereocenters. The number of nitrogens with one attached hydrogen (secondary N) is 3. The van der Waals surface area contributed by atoms with Crippen LogP contribution in [0.15, 0.2) is 51.7 Å². The van der Waals surface area contributed by atoms with Crippen molar-refractivity contribution in [2.24, 2.45) is 7.05 Å². The summed E-state index contributed by atoms with van der Waals surface area (Å²) in [7, 11) is 1.68. The molecule has 5 rings (SSSR count). The molecule has 9 nitrogen and oxygen atoms in total. The fourth-order valence-electron chi connectivity index (χ4n) is 4.29. The molecular weight excluding hydrogens is 434 g/mol. The van der Waals surface area contributed by atoms with Crippen molar-refractivity contribution in [1.29, 1.82) is 5.26 Å². The summed E-state index contributed by atoms with van der Waals surface area (Å²) >= 11 is 0. The highest BCUT2D eigenvalue weighted by atomic mass is 16.5. The second kappa shape index (κ2) is 9.17. The number of carbonyl (C=O) groups is 1. The van der Waals surface area contributed by atoms with E-state index in [0.29, 0.717) is 25.2 Å². The van der Waals surface area contributed by atoms with Gasteiger partial charge in [-0.15, -0.1) is 0 Å². The molecule has 1 aliphatic rings. The fourth-order valence-corrected chi connectivity index (χ4v) is 4.29.